The van der Waals surface area contributed by atoms with Crippen LogP contribution in [0.15, 0.2) is 24.3 Å². The Morgan fingerprint density at radius 1 is 1.38 bits per heavy atom. The third-order valence-electron chi connectivity index (χ3n) is 4.28. The van der Waals surface area contributed by atoms with Crippen molar-refractivity contribution in [2.45, 2.75) is 33.0 Å². The van der Waals surface area contributed by atoms with Crippen LogP contribution < -0.4 is 0 Å². The van der Waals surface area contributed by atoms with Gasteiger partial charge in [-0.05, 0) is 32.0 Å². The van der Waals surface area contributed by atoms with E-state index >= 15 is 0 Å². The largest absolute Gasteiger partial charge is 0.374 e. The van der Waals surface area contributed by atoms with Gasteiger partial charge in [0.25, 0.3) is 0 Å². The van der Waals surface area contributed by atoms with Crippen molar-refractivity contribution in [1.82, 2.24) is 14.7 Å². The minimum atomic E-state index is -0.323. The van der Waals surface area contributed by atoms with Gasteiger partial charge in [-0.2, -0.15) is 10.4 Å². The summed E-state index contributed by atoms with van der Waals surface area (Å²) in [5.41, 5.74) is 3.08. The molecule has 1 aliphatic heterocycles. The topological polar surface area (TPSA) is 54.1 Å². The Hall–Kier alpha value is -2.23. The fraction of sp³-hybridized carbons (Fsp3) is 0.444. The van der Waals surface area contributed by atoms with Gasteiger partial charge < -0.3 is 4.74 Å². The predicted octanol–water partition coefficient (Wildman–Crippen LogP) is 2.41. The smallest absolute Gasteiger partial charge is 0.129 e. The zero-order valence-electron chi connectivity index (χ0n) is 14.0. The molecule has 3 rings (SSSR count). The monoisotopic (exact) mass is 328 g/mol. The molecule has 0 amide bonds. The summed E-state index contributed by atoms with van der Waals surface area (Å²) in [4.78, 5) is 2.18. The third kappa shape index (κ3) is 3.81. The van der Waals surface area contributed by atoms with Crippen LogP contribution >= 0.6 is 0 Å². The van der Waals surface area contributed by atoms with E-state index in [2.05, 4.69) is 10.00 Å². The Labute approximate surface area is 141 Å². The van der Waals surface area contributed by atoms with Crippen LogP contribution in [0.2, 0.25) is 0 Å². The summed E-state index contributed by atoms with van der Waals surface area (Å²) in [6.07, 6.45) is 0.0400. The average molecular weight is 328 g/mol. The standard InChI is InChI=1S/C18H21FN4O/c1-13-7-14(2)23(21-13)12-17-11-22(5-6-24-17)10-16-4-3-15(9-20)8-18(16)19/h3-4,7-8,17H,5-6,10-12H2,1-2H3. The summed E-state index contributed by atoms with van der Waals surface area (Å²) in [7, 11) is 0. The number of ether oxygens (including phenoxy) is 1. The lowest BCUT2D eigenvalue weighted by atomic mass is 10.1. The van der Waals surface area contributed by atoms with Gasteiger partial charge in [-0.1, -0.05) is 6.07 Å². The predicted molar refractivity (Wildman–Crippen MR) is 87.8 cm³/mol. The SMILES string of the molecule is Cc1cc(C)n(CC2CN(Cc3ccc(C#N)cc3F)CCO2)n1. The van der Waals surface area contributed by atoms with Crippen molar-refractivity contribution < 1.29 is 9.13 Å². The summed E-state index contributed by atoms with van der Waals surface area (Å²) in [5.74, 6) is -0.323. The molecule has 0 spiro atoms. The summed E-state index contributed by atoms with van der Waals surface area (Å²) >= 11 is 0. The number of morpholine rings is 1. The minimum Gasteiger partial charge on any atom is -0.374 e. The maximum atomic E-state index is 14.1. The van der Waals surface area contributed by atoms with Crippen LogP contribution in [-0.2, 0) is 17.8 Å². The molecule has 0 bridgehead atoms. The maximum absolute atomic E-state index is 14.1. The van der Waals surface area contributed by atoms with Crippen LogP contribution in [0, 0.1) is 31.0 Å². The van der Waals surface area contributed by atoms with Gasteiger partial charge >= 0.3 is 0 Å². The first kappa shape index (κ1) is 16.6. The van der Waals surface area contributed by atoms with Gasteiger partial charge in [0, 0.05) is 30.9 Å². The first-order valence-electron chi connectivity index (χ1n) is 8.08. The fourth-order valence-corrected chi connectivity index (χ4v) is 3.07. The van der Waals surface area contributed by atoms with E-state index in [0.717, 1.165) is 24.5 Å². The van der Waals surface area contributed by atoms with Crippen LogP contribution in [0.4, 0.5) is 4.39 Å². The molecule has 1 unspecified atom stereocenters. The number of aromatic nitrogens is 2. The Balaban J connectivity index is 1.63. The Bertz CT molecular complexity index is 765. The first-order chi connectivity index (χ1) is 11.5. The van der Waals surface area contributed by atoms with Crippen molar-refractivity contribution in [3.63, 3.8) is 0 Å². The molecular weight excluding hydrogens is 307 g/mol. The van der Waals surface area contributed by atoms with E-state index in [1.54, 1.807) is 12.1 Å². The van der Waals surface area contributed by atoms with Crippen LogP contribution in [-0.4, -0.2) is 40.5 Å². The van der Waals surface area contributed by atoms with E-state index in [1.807, 2.05) is 30.7 Å². The molecule has 1 aromatic heterocycles. The molecule has 1 aromatic carbocycles. The zero-order chi connectivity index (χ0) is 17.1. The molecule has 2 heterocycles. The van der Waals surface area contributed by atoms with Crippen molar-refractivity contribution in [1.29, 1.82) is 5.26 Å². The molecule has 2 aromatic rings. The normalized spacial score (nSPS) is 18.5. The number of halogens is 1. The summed E-state index contributed by atoms with van der Waals surface area (Å²) < 4.78 is 21.9. The molecule has 126 valence electrons. The van der Waals surface area contributed by atoms with E-state index in [1.165, 1.54) is 6.07 Å². The molecule has 0 N–H and O–H groups in total. The zero-order valence-corrected chi connectivity index (χ0v) is 14.0. The second kappa shape index (κ2) is 7.12. The number of benzene rings is 1. The first-order valence-corrected chi connectivity index (χ1v) is 8.08. The number of rotatable bonds is 4. The van der Waals surface area contributed by atoms with E-state index in [4.69, 9.17) is 10.00 Å². The fourth-order valence-electron chi connectivity index (χ4n) is 3.07. The summed E-state index contributed by atoms with van der Waals surface area (Å²) in [5, 5.41) is 13.3. The lowest BCUT2D eigenvalue weighted by Gasteiger charge is -2.33. The molecule has 5 nitrogen and oxygen atoms in total. The van der Waals surface area contributed by atoms with E-state index in [-0.39, 0.29) is 11.9 Å². The highest BCUT2D eigenvalue weighted by Gasteiger charge is 2.22. The molecule has 0 radical (unpaired) electrons. The third-order valence-corrected chi connectivity index (χ3v) is 4.28. The molecule has 1 saturated heterocycles. The molecule has 0 aliphatic carbocycles. The number of nitriles is 1. The van der Waals surface area contributed by atoms with Gasteiger partial charge in [-0.15, -0.1) is 0 Å². The van der Waals surface area contributed by atoms with Crippen molar-refractivity contribution in [3.8, 4) is 6.07 Å². The van der Waals surface area contributed by atoms with Crippen molar-refractivity contribution in [2.24, 2.45) is 0 Å². The minimum absolute atomic E-state index is 0.0400. The summed E-state index contributed by atoms with van der Waals surface area (Å²) in [6.45, 7) is 7.37. The molecule has 1 fully saturated rings. The molecule has 1 aliphatic rings. The van der Waals surface area contributed by atoms with Crippen molar-refractivity contribution in [3.05, 3.63) is 52.6 Å². The number of aryl methyl sites for hydroxylation is 2. The highest BCUT2D eigenvalue weighted by atomic mass is 19.1. The Morgan fingerprint density at radius 3 is 2.88 bits per heavy atom. The van der Waals surface area contributed by atoms with Gasteiger partial charge in [0.1, 0.15) is 5.82 Å². The van der Waals surface area contributed by atoms with E-state index < -0.39 is 0 Å². The van der Waals surface area contributed by atoms with E-state index in [9.17, 15) is 4.39 Å². The molecule has 24 heavy (non-hydrogen) atoms. The van der Waals surface area contributed by atoms with Crippen LogP contribution in [0.25, 0.3) is 0 Å². The second-order valence-corrected chi connectivity index (χ2v) is 6.26. The van der Waals surface area contributed by atoms with Gasteiger partial charge in [0.2, 0.25) is 0 Å². The molecular formula is C18H21FN4O. The summed E-state index contributed by atoms with van der Waals surface area (Å²) in [6, 6.07) is 8.65. The Morgan fingerprint density at radius 2 is 2.21 bits per heavy atom. The lowest BCUT2D eigenvalue weighted by molar-refractivity contribution is -0.0407. The Kier molecular flexibility index (Phi) is 4.93. The van der Waals surface area contributed by atoms with Crippen molar-refractivity contribution >= 4 is 0 Å². The second-order valence-electron chi connectivity index (χ2n) is 6.26. The van der Waals surface area contributed by atoms with E-state index in [0.29, 0.717) is 30.8 Å². The quantitative estimate of drug-likeness (QED) is 0.865. The van der Waals surface area contributed by atoms with Crippen LogP contribution in [0.3, 0.4) is 0 Å². The van der Waals surface area contributed by atoms with Gasteiger partial charge in [0.15, 0.2) is 0 Å². The molecule has 1 atom stereocenters. The van der Waals surface area contributed by atoms with Gasteiger partial charge in [0.05, 0.1) is 36.6 Å². The maximum Gasteiger partial charge on any atom is 0.129 e. The molecule has 0 saturated carbocycles. The molecule has 6 heteroatoms. The van der Waals surface area contributed by atoms with Crippen LogP contribution in [0.1, 0.15) is 22.5 Å². The van der Waals surface area contributed by atoms with Crippen molar-refractivity contribution in [2.75, 3.05) is 19.7 Å². The number of hydrogen-bond acceptors (Lipinski definition) is 4. The average Bonchev–Trinajstić information content (AvgIpc) is 2.87. The van der Waals surface area contributed by atoms with Crippen LogP contribution in [0.5, 0.6) is 0 Å². The highest BCUT2D eigenvalue weighted by Crippen LogP contribution is 2.16. The number of hydrogen-bond donors (Lipinski definition) is 0. The number of nitrogens with zero attached hydrogens (tertiary/aromatic N) is 4. The highest BCUT2D eigenvalue weighted by molar-refractivity contribution is 5.32. The van der Waals surface area contributed by atoms with Gasteiger partial charge in [-0.25, -0.2) is 4.39 Å². The lowest BCUT2D eigenvalue weighted by Crippen LogP contribution is -2.44. The van der Waals surface area contributed by atoms with Gasteiger partial charge in [-0.3, -0.25) is 9.58 Å².